The van der Waals surface area contributed by atoms with Gasteiger partial charge in [0.25, 0.3) is 15.9 Å². The number of rotatable bonds is 7. The van der Waals surface area contributed by atoms with Crippen molar-refractivity contribution in [1.82, 2.24) is 5.43 Å². The van der Waals surface area contributed by atoms with Gasteiger partial charge in [-0.25, -0.2) is 13.8 Å². The summed E-state index contributed by atoms with van der Waals surface area (Å²) < 4.78 is 32.7. The molecule has 0 saturated heterocycles. The van der Waals surface area contributed by atoms with Crippen molar-refractivity contribution in [1.29, 1.82) is 0 Å². The number of phenols is 1. The maximum atomic E-state index is 12.7. The average molecular weight is 494 g/mol. The van der Waals surface area contributed by atoms with Crippen LogP contribution in [0.2, 0.25) is 10.0 Å². The predicted molar refractivity (Wildman–Crippen MR) is 123 cm³/mol. The van der Waals surface area contributed by atoms with Crippen LogP contribution in [0.3, 0.4) is 0 Å². The smallest absolute Gasteiger partial charge is 0.271 e. The molecule has 0 saturated carbocycles. The number of hydrazone groups is 1. The molecule has 8 nitrogen and oxygen atoms in total. The number of phenolic OH excluding ortho intramolecular Hbond substituents is 1. The lowest BCUT2D eigenvalue weighted by Gasteiger charge is -2.11. The third kappa shape index (κ3) is 5.70. The molecule has 3 N–H and O–H groups in total. The number of hydrogen-bond donors (Lipinski definition) is 3. The van der Waals surface area contributed by atoms with Crippen molar-refractivity contribution in [3.8, 4) is 11.5 Å². The van der Waals surface area contributed by atoms with Crippen LogP contribution in [0.25, 0.3) is 0 Å². The second-order valence-electron chi connectivity index (χ2n) is 6.39. The van der Waals surface area contributed by atoms with E-state index in [4.69, 9.17) is 27.9 Å². The van der Waals surface area contributed by atoms with E-state index in [0.29, 0.717) is 16.3 Å². The predicted octanol–water partition coefficient (Wildman–Crippen LogP) is 4.27. The summed E-state index contributed by atoms with van der Waals surface area (Å²) in [4.78, 5) is 12.2. The Labute approximate surface area is 194 Å². The third-order valence-electron chi connectivity index (χ3n) is 4.16. The highest BCUT2D eigenvalue weighted by atomic mass is 35.5. The highest BCUT2D eigenvalue weighted by Gasteiger charge is 2.18. The van der Waals surface area contributed by atoms with Gasteiger partial charge in [0.1, 0.15) is 0 Å². The van der Waals surface area contributed by atoms with E-state index in [2.05, 4.69) is 15.2 Å². The highest BCUT2D eigenvalue weighted by molar-refractivity contribution is 7.92. The number of carbonyl (C=O) groups is 1. The van der Waals surface area contributed by atoms with Crippen molar-refractivity contribution in [3.63, 3.8) is 0 Å². The minimum absolute atomic E-state index is 0.0693. The molecule has 0 heterocycles. The molecule has 3 aromatic carbocycles. The van der Waals surface area contributed by atoms with E-state index in [-0.39, 0.29) is 26.9 Å². The van der Waals surface area contributed by atoms with E-state index in [9.17, 15) is 18.3 Å². The first kappa shape index (κ1) is 23.4. The fourth-order valence-electron chi connectivity index (χ4n) is 2.60. The van der Waals surface area contributed by atoms with E-state index >= 15 is 0 Å². The van der Waals surface area contributed by atoms with Gasteiger partial charge in [-0.3, -0.25) is 9.52 Å². The molecule has 0 bridgehead atoms. The fraction of sp³-hybridized carbons (Fsp3) is 0.0476. The summed E-state index contributed by atoms with van der Waals surface area (Å²) in [6, 6.07) is 14.4. The van der Waals surface area contributed by atoms with Crippen LogP contribution in [0.15, 0.2) is 70.7 Å². The van der Waals surface area contributed by atoms with E-state index in [0.717, 1.165) is 0 Å². The molecule has 0 aliphatic rings. The lowest BCUT2D eigenvalue weighted by molar-refractivity contribution is 0.0955. The van der Waals surface area contributed by atoms with E-state index < -0.39 is 15.9 Å². The van der Waals surface area contributed by atoms with Gasteiger partial charge in [0.15, 0.2) is 11.5 Å². The second kappa shape index (κ2) is 9.90. The van der Waals surface area contributed by atoms with Gasteiger partial charge in [0.2, 0.25) is 0 Å². The number of methoxy groups -OCH3 is 1. The van der Waals surface area contributed by atoms with Gasteiger partial charge in [-0.05, 0) is 60.2 Å². The zero-order valence-corrected chi connectivity index (χ0v) is 18.9. The Hall–Kier alpha value is -3.27. The van der Waals surface area contributed by atoms with Crippen LogP contribution in [0.4, 0.5) is 5.69 Å². The number of sulfonamides is 1. The molecule has 3 rings (SSSR count). The van der Waals surface area contributed by atoms with Crippen LogP contribution in [-0.2, 0) is 10.0 Å². The number of nitrogens with one attached hydrogen (secondary N) is 2. The molecule has 0 fully saturated rings. The van der Waals surface area contributed by atoms with Gasteiger partial charge in [-0.15, -0.1) is 0 Å². The van der Waals surface area contributed by atoms with Crippen molar-refractivity contribution >= 4 is 51.0 Å². The Kier molecular flexibility index (Phi) is 7.24. The number of carbonyl (C=O) groups excluding carboxylic acids is 1. The van der Waals surface area contributed by atoms with Crippen LogP contribution in [0.1, 0.15) is 15.9 Å². The first-order valence-corrected chi connectivity index (χ1v) is 11.2. The van der Waals surface area contributed by atoms with Crippen molar-refractivity contribution in [2.24, 2.45) is 5.10 Å². The van der Waals surface area contributed by atoms with Gasteiger partial charge >= 0.3 is 0 Å². The number of halogens is 2. The summed E-state index contributed by atoms with van der Waals surface area (Å²) >= 11 is 11.9. The number of aromatic hydroxyl groups is 1. The standard InChI is InChI=1S/C21H17Cl2N3O5S/c1-31-20-8-5-13(9-19(20)27)12-24-25-21(28)14-3-2-4-16(10-14)32(29,30)26-18-11-15(22)6-7-17(18)23/h2-12,26-27H,1H3,(H,25,28)/b24-12-. The van der Waals surface area contributed by atoms with Crippen LogP contribution in [0.5, 0.6) is 11.5 Å². The molecule has 3 aromatic rings. The van der Waals surface area contributed by atoms with Crippen molar-refractivity contribution < 1.29 is 23.1 Å². The summed E-state index contributed by atoms with van der Waals surface area (Å²) in [5, 5.41) is 14.1. The Bertz CT molecular complexity index is 1300. The Morgan fingerprint density at radius 1 is 1.09 bits per heavy atom. The van der Waals surface area contributed by atoms with Crippen molar-refractivity contribution in [3.05, 3.63) is 81.8 Å². The number of anilines is 1. The quantitative estimate of drug-likeness (QED) is 0.335. The minimum Gasteiger partial charge on any atom is -0.504 e. The highest BCUT2D eigenvalue weighted by Crippen LogP contribution is 2.28. The lowest BCUT2D eigenvalue weighted by Crippen LogP contribution is -2.19. The van der Waals surface area contributed by atoms with Crippen LogP contribution < -0.4 is 14.9 Å². The van der Waals surface area contributed by atoms with Gasteiger partial charge in [-0.2, -0.15) is 5.10 Å². The number of benzene rings is 3. The molecule has 0 aromatic heterocycles. The first-order valence-electron chi connectivity index (χ1n) is 8.98. The Balaban J connectivity index is 1.74. The Morgan fingerprint density at radius 3 is 2.59 bits per heavy atom. The molecule has 0 atom stereocenters. The maximum Gasteiger partial charge on any atom is 0.271 e. The Morgan fingerprint density at radius 2 is 1.88 bits per heavy atom. The zero-order chi connectivity index (χ0) is 23.3. The normalized spacial score (nSPS) is 11.3. The molecule has 166 valence electrons. The first-order chi connectivity index (χ1) is 15.2. The van der Waals surface area contributed by atoms with Gasteiger partial charge < -0.3 is 9.84 Å². The van der Waals surface area contributed by atoms with Crippen LogP contribution >= 0.6 is 23.2 Å². The minimum atomic E-state index is -4.03. The second-order valence-corrected chi connectivity index (χ2v) is 8.91. The average Bonchev–Trinajstić information content (AvgIpc) is 2.76. The third-order valence-corrected chi connectivity index (χ3v) is 6.09. The van der Waals surface area contributed by atoms with Gasteiger partial charge in [0, 0.05) is 10.6 Å². The molecular formula is C21H17Cl2N3O5S. The molecule has 0 aliphatic heterocycles. The molecule has 0 spiro atoms. The summed E-state index contributed by atoms with van der Waals surface area (Å²) in [5.41, 5.74) is 3.00. The zero-order valence-electron chi connectivity index (χ0n) is 16.5. The summed E-state index contributed by atoms with van der Waals surface area (Å²) in [6.45, 7) is 0. The molecule has 0 aliphatic carbocycles. The topological polar surface area (TPSA) is 117 Å². The summed E-state index contributed by atoms with van der Waals surface area (Å²) in [5.74, 6) is -0.401. The SMILES string of the molecule is COc1ccc(/C=N\NC(=O)c2cccc(S(=O)(=O)Nc3cc(Cl)ccc3Cl)c2)cc1O. The molecule has 32 heavy (non-hydrogen) atoms. The summed E-state index contributed by atoms with van der Waals surface area (Å²) in [7, 11) is -2.61. The van der Waals surface area contributed by atoms with Crippen LogP contribution in [0, 0.1) is 0 Å². The fourth-order valence-corrected chi connectivity index (χ4v) is 4.11. The van der Waals surface area contributed by atoms with E-state index in [1.165, 1.54) is 61.9 Å². The largest absolute Gasteiger partial charge is 0.504 e. The number of nitrogens with zero attached hydrogens (tertiary/aromatic N) is 1. The van der Waals surface area contributed by atoms with E-state index in [1.54, 1.807) is 12.1 Å². The number of hydrogen-bond acceptors (Lipinski definition) is 6. The molecular weight excluding hydrogens is 477 g/mol. The molecule has 11 heteroatoms. The van der Waals surface area contributed by atoms with Crippen LogP contribution in [-0.4, -0.2) is 32.8 Å². The molecule has 0 unspecified atom stereocenters. The maximum absolute atomic E-state index is 12.7. The van der Waals surface area contributed by atoms with Gasteiger partial charge in [0.05, 0.1) is 28.9 Å². The number of ether oxygens (including phenoxy) is 1. The monoisotopic (exact) mass is 493 g/mol. The molecule has 1 amide bonds. The van der Waals surface area contributed by atoms with Gasteiger partial charge in [-0.1, -0.05) is 29.3 Å². The van der Waals surface area contributed by atoms with E-state index in [1.807, 2.05) is 0 Å². The van der Waals surface area contributed by atoms with Crippen molar-refractivity contribution in [2.45, 2.75) is 4.90 Å². The summed E-state index contributed by atoms with van der Waals surface area (Å²) in [6.07, 6.45) is 1.32. The lowest BCUT2D eigenvalue weighted by atomic mass is 10.2. The molecule has 0 radical (unpaired) electrons. The van der Waals surface area contributed by atoms with Crippen molar-refractivity contribution in [2.75, 3.05) is 11.8 Å². The number of amides is 1.